The smallest absolute Gasteiger partial charge is 0.0706 e. The molecule has 1 aromatic carbocycles. The van der Waals surface area contributed by atoms with Gasteiger partial charge in [0.05, 0.1) is 11.4 Å². The second-order valence-electron chi connectivity index (χ2n) is 3.54. The van der Waals surface area contributed by atoms with Gasteiger partial charge in [-0.2, -0.15) is 0 Å². The van der Waals surface area contributed by atoms with Crippen LogP contribution in [0.15, 0.2) is 30.0 Å². The zero-order valence-electron chi connectivity index (χ0n) is 7.99. The molecule has 2 heteroatoms. The van der Waals surface area contributed by atoms with E-state index in [1.807, 2.05) is 12.1 Å². The van der Waals surface area contributed by atoms with Gasteiger partial charge in [0.2, 0.25) is 0 Å². The molecule has 0 atom stereocenters. The molecule has 1 aromatic rings. The maximum Gasteiger partial charge on any atom is 0.0706 e. The van der Waals surface area contributed by atoms with Crippen molar-refractivity contribution in [3.8, 4) is 0 Å². The molecule has 13 heavy (non-hydrogen) atoms. The molecule has 1 radical (unpaired) electrons. The number of fused-ring (bicyclic) bond motifs is 1. The molecule has 0 saturated carbocycles. The first-order valence-corrected chi connectivity index (χ1v) is 4.42. The highest BCUT2D eigenvalue weighted by Gasteiger charge is 2.12. The molecule has 1 aliphatic heterocycles. The summed E-state index contributed by atoms with van der Waals surface area (Å²) in [6.07, 6.45) is 2.15. The Morgan fingerprint density at radius 1 is 1.23 bits per heavy atom. The van der Waals surface area contributed by atoms with Crippen LogP contribution in [0.25, 0.3) is 6.08 Å². The average Bonchev–Trinajstić information content (AvgIpc) is 2.44. The maximum atomic E-state index is 4.51. The molecule has 0 bridgehead atoms. The first-order chi connectivity index (χ1) is 6.25. The van der Waals surface area contributed by atoms with Crippen LogP contribution in [0.3, 0.4) is 0 Å². The van der Waals surface area contributed by atoms with E-state index in [1.165, 1.54) is 5.56 Å². The van der Waals surface area contributed by atoms with Crippen LogP contribution in [-0.4, -0.2) is 25.5 Å². The van der Waals surface area contributed by atoms with Crippen molar-refractivity contribution >= 4 is 11.8 Å². The first-order valence-electron chi connectivity index (χ1n) is 4.42. The largest absolute Gasteiger partial charge is 0.304 e. The normalized spacial score (nSPS) is 13.9. The van der Waals surface area contributed by atoms with Gasteiger partial charge in [-0.25, -0.2) is 0 Å². The van der Waals surface area contributed by atoms with E-state index in [9.17, 15) is 0 Å². The Hall–Kier alpha value is -1.28. The summed E-state index contributed by atoms with van der Waals surface area (Å²) in [6, 6.07) is 8.22. The molecule has 0 amide bonds. The standard InChI is InChI=1S/C11H13N2/c1-13(2)8-10-7-9-5-3-4-6-11(9)12-10/h3-7H,8H2,1-2H3. The van der Waals surface area contributed by atoms with E-state index in [0.717, 1.165) is 17.9 Å². The zero-order chi connectivity index (χ0) is 9.26. The van der Waals surface area contributed by atoms with Crippen LogP contribution in [0.5, 0.6) is 0 Å². The highest BCUT2D eigenvalue weighted by atomic mass is 15.1. The summed E-state index contributed by atoms with van der Waals surface area (Å²) in [5.41, 5.74) is 3.48. The van der Waals surface area contributed by atoms with E-state index in [-0.39, 0.29) is 0 Å². The Labute approximate surface area is 78.9 Å². The molecule has 0 saturated heterocycles. The predicted octanol–water partition coefficient (Wildman–Crippen LogP) is 1.84. The topological polar surface area (TPSA) is 17.3 Å². The molecule has 0 aromatic heterocycles. The van der Waals surface area contributed by atoms with Gasteiger partial charge in [0.15, 0.2) is 0 Å². The third-order valence-corrected chi connectivity index (χ3v) is 2.00. The van der Waals surface area contributed by atoms with Gasteiger partial charge in [-0.1, -0.05) is 18.2 Å². The van der Waals surface area contributed by atoms with Gasteiger partial charge < -0.3 is 4.90 Å². The number of benzene rings is 1. The van der Waals surface area contributed by atoms with Gasteiger partial charge >= 0.3 is 0 Å². The zero-order valence-corrected chi connectivity index (χ0v) is 7.99. The molecule has 67 valence electrons. The van der Waals surface area contributed by atoms with Gasteiger partial charge in [-0.15, -0.1) is 0 Å². The fourth-order valence-corrected chi connectivity index (χ4v) is 1.48. The summed E-state index contributed by atoms with van der Waals surface area (Å²) in [6.45, 7) is 0.911. The van der Waals surface area contributed by atoms with Crippen molar-refractivity contribution < 1.29 is 0 Å². The molecule has 2 rings (SSSR count). The van der Waals surface area contributed by atoms with E-state index in [0.29, 0.717) is 0 Å². The van der Waals surface area contributed by atoms with E-state index in [4.69, 9.17) is 0 Å². The fraction of sp³-hybridized carbons (Fsp3) is 0.273. The van der Waals surface area contributed by atoms with Crippen molar-refractivity contribution in [1.82, 2.24) is 10.2 Å². The molecule has 0 N–H and O–H groups in total. The summed E-state index contributed by atoms with van der Waals surface area (Å²) >= 11 is 0. The highest BCUT2D eigenvalue weighted by molar-refractivity contribution is 5.71. The molecule has 2 nitrogen and oxygen atoms in total. The Morgan fingerprint density at radius 2 is 2.00 bits per heavy atom. The van der Waals surface area contributed by atoms with Crippen molar-refractivity contribution in [3.05, 3.63) is 35.5 Å². The van der Waals surface area contributed by atoms with Crippen LogP contribution in [-0.2, 0) is 0 Å². The van der Waals surface area contributed by atoms with Crippen molar-refractivity contribution in [2.45, 2.75) is 0 Å². The molecular formula is C11H13N2. The average molecular weight is 173 g/mol. The van der Waals surface area contributed by atoms with Gasteiger partial charge in [0, 0.05) is 12.1 Å². The summed E-state index contributed by atoms with van der Waals surface area (Å²) < 4.78 is 0. The van der Waals surface area contributed by atoms with Gasteiger partial charge in [-0.05, 0) is 26.2 Å². The lowest BCUT2D eigenvalue weighted by Gasteiger charge is -2.09. The number of rotatable bonds is 2. The van der Waals surface area contributed by atoms with E-state index in [1.54, 1.807) is 0 Å². The van der Waals surface area contributed by atoms with Gasteiger partial charge in [-0.3, -0.25) is 5.32 Å². The van der Waals surface area contributed by atoms with E-state index < -0.39 is 0 Å². The number of para-hydroxylation sites is 1. The van der Waals surface area contributed by atoms with Crippen LogP contribution in [0.1, 0.15) is 5.56 Å². The Balaban J connectivity index is 2.17. The summed E-state index contributed by atoms with van der Waals surface area (Å²) in [4.78, 5) is 2.13. The minimum atomic E-state index is 0.911. The third kappa shape index (κ3) is 1.73. The Bertz CT molecular complexity index is 340. The minimum Gasteiger partial charge on any atom is -0.304 e. The lowest BCUT2D eigenvalue weighted by molar-refractivity contribution is 0.440. The number of likely N-dealkylation sites (N-methyl/N-ethyl adjacent to an activating group) is 1. The molecule has 0 aliphatic carbocycles. The van der Waals surface area contributed by atoms with Crippen LogP contribution >= 0.6 is 0 Å². The van der Waals surface area contributed by atoms with Gasteiger partial charge in [0.25, 0.3) is 0 Å². The molecule has 1 aliphatic rings. The quantitative estimate of drug-likeness (QED) is 0.667. The lowest BCUT2D eigenvalue weighted by atomic mass is 10.2. The third-order valence-electron chi connectivity index (χ3n) is 2.00. The van der Waals surface area contributed by atoms with Crippen molar-refractivity contribution in [2.75, 3.05) is 20.6 Å². The van der Waals surface area contributed by atoms with Crippen LogP contribution < -0.4 is 5.32 Å². The van der Waals surface area contributed by atoms with Crippen LogP contribution in [0, 0.1) is 0 Å². The summed E-state index contributed by atoms with van der Waals surface area (Å²) in [5.74, 6) is 0. The molecule has 0 spiro atoms. The molecule has 0 fully saturated rings. The lowest BCUT2D eigenvalue weighted by Crippen LogP contribution is -2.17. The fourth-order valence-electron chi connectivity index (χ4n) is 1.48. The molecular weight excluding hydrogens is 160 g/mol. The van der Waals surface area contributed by atoms with Crippen molar-refractivity contribution in [1.29, 1.82) is 0 Å². The maximum absolute atomic E-state index is 4.51. The second kappa shape index (κ2) is 3.23. The minimum absolute atomic E-state index is 0.911. The number of hydrogen-bond donors (Lipinski definition) is 0. The highest BCUT2D eigenvalue weighted by Crippen LogP contribution is 2.26. The summed E-state index contributed by atoms with van der Waals surface area (Å²) in [5, 5.41) is 4.51. The molecule has 1 heterocycles. The monoisotopic (exact) mass is 173 g/mol. The van der Waals surface area contributed by atoms with Crippen LogP contribution in [0.4, 0.5) is 5.69 Å². The SMILES string of the molecule is CN(C)CC1=Cc2ccccc2[N]1. The first kappa shape index (κ1) is 8.32. The van der Waals surface area contributed by atoms with Crippen molar-refractivity contribution in [2.24, 2.45) is 0 Å². The van der Waals surface area contributed by atoms with Crippen molar-refractivity contribution in [3.63, 3.8) is 0 Å². The van der Waals surface area contributed by atoms with Gasteiger partial charge in [0.1, 0.15) is 0 Å². The Kier molecular flexibility index (Phi) is 2.07. The number of hydrogen-bond acceptors (Lipinski definition) is 1. The van der Waals surface area contributed by atoms with Crippen LogP contribution in [0.2, 0.25) is 0 Å². The van der Waals surface area contributed by atoms with E-state index >= 15 is 0 Å². The molecule has 0 unspecified atom stereocenters. The van der Waals surface area contributed by atoms with E-state index in [2.05, 4.69) is 42.5 Å². The Morgan fingerprint density at radius 3 is 2.69 bits per heavy atom. The number of nitrogens with zero attached hydrogens (tertiary/aromatic N) is 2. The second-order valence-corrected chi connectivity index (χ2v) is 3.54. The predicted molar refractivity (Wildman–Crippen MR) is 54.8 cm³/mol. The summed E-state index contributed by atoms with van der Waals surface area (Å²) in [7, 11) is 4.11.